The number of rotatable bonds is 3. The quantitative estimate of drug-likeness (QED) is 0.702. The van der Waals surface area contributed by atoms with Crippen LogP contribution in [0, 0.1) is 5.92 Å². The second-order valence-electron chi connectivity index (χ2n) is 3.57. The van der Waals surface area contributed by atoms with Crippen LogP contribution in [0.25, 0.3) is 0 Å². The second kappa shape index (κ2) is 5.43. The van der Waals surface area contributed by atoms with Crippen LogP contribution in [0.2, 0.25) is 0 Å². The van der Waals surface area contributed by atoms with Crippen molar-refractivity contribution < 1.29 is 14.3 Å². The first-order chi connectivity index (χ1) is 7.13. The fourth-order valence-electron chi connectivity index (χ4n) is 1.62. The van der Waals surface area contributed by atoms with Gasteiger partial charge in [-0.05, 0) is 13.3 Å². The van der Waals surface area contributed by atoms with Gasteiger partial charge in [-0.1, -0.05) is 0 Å². The molecular formula is C9H17N3O3. The Morgan fingerprint density at radius 3 is 2.93 bits per heavy atom. The SMILES string of the molecule is CCNC(=O)N1CCC(COC(N)=O)C1. The van der Waals surface area contributed by atoms with Gasteiger partial charge in [0.05, 0.1) is 6.61 Å². The van der Waals surface area contributed by atoms with E-state index >= 15 is 0 Å². The molecule has 0 bridgehead atoms. The van der Waals surface area contributed by atoms with Crippen LogP contribution in [0.1, 0.15) is 13.3 Å². The van der Waals surface area contributed by atoms with Gasteiger partial charge in [0.15, 0.2) is 0 Å². The Balaban J connectivity index is 2.26. The van der Waals surface area contributed by atoms with E-state index in [1.807, 2.05) is 6.92 Å². The van der Waals surface area contributed by atoms with Gasteiger partial charge in [0.25, 0.3) is 0 Å². The number of amides is 3. The second-order valence-corrected chi connectivity index (χ2v) is 3.57. The lowest BCUT2D eigenvalue weighted by atomic mass is 10.1. The summed E-state index contributed by atoms with van der Waals surface area (Å²) in [7, 11) is 0. The molecule has 1 saturated heterocycles. The summed E-state index contributed by atoms with van der Waals surface area (Å²) in [5, 5.41) is 2.73. The summed E-state index contributed by atoms with van der Waals surface area (Å²) in [4.78, 5) is 23.5. The van der Waals surface area contributed by atoms with Crippen molar-refractivity contribution in [2.24, 2.45) is 11.7 Å². The molecule has 0 aromatic rings. The predicted octanol–water partition coefficient (Wildman–Crippen LogP) is 0.133. The third-order valence-electron chi connectivity index (χ3n) is 2.36. The third-order valence-corrected chi connectivity index (χ3v) is 2.36. The minimum Gasteiger partial charge on any atom is -0.449 e. The van der Waals surface area contributed by atoms with E-state index in [1.54, 1.807) is 4.90 Å². The van der Waals surface area contributed by atoms with Crippen LogP contribution < -0.4 is 11.1 Å². The molecule has 1 fully saturated rings. The lowest BCUT2D eigenvalue weighted by Gasteiger charge is -2.16. The topological polar surface area (TPSA) is 84.7 Å². The van der Waals surface area contributed by atoms with Gasteiger partial charge < -0.3 is 20.7 Å². The van der Waals surface area contributed by atoms with Gasteiger partial charge in [0.2, 0.25) is 0 Å². The van der Waals surface area contributed by atoms with E-state index in [0.717, 1.165) is 6.42 Å². The zero-order valence-corrected chi connectivity index (χ0v) is 8.86. The van der Waals surface area contributed by atoms with E-state index in [4.69, 9.17) is 10.5 Å². The largest absolute Gasteiger partial charge is 0.449 e. The third kappa shape index (κ3) is 3.65. The Labute approximate surface area is 88.7 Å². The van der Waals surface area contributed by atoms with E-state index < -0.39 is 6.09 Å². The summed E-state index contributed by atoms with van der Waals surface area (Å²) in [6.45, 7) is 4.13. The lowest BCUT2D eigenvalue weighted by molar-refractivity contribution is 0.137. The monoisotopic (exact) mass is 215 g/mol. The summed E-state index contributed by atoms with van der Waals surface area (Å²) in [6, 6.07) is -0.0564. The maximum absolute atomic E-state index is 11.4. The van der Waals surface area contributed by atoms with Gasteiger partial charge >= 0.3 is 12.1 Å². The van der Waals surface area contributed by atoms with Crippen molar-refractivity contribution in [1.29, 1.82) is 0 Å². The van der Waals surface area contributed by atoms with Crippen LogP contribution in [-0.4, -0.2) is 43.3 Å². The number of nitrogens with zero attached hydrogens (tertiary/aromatic N) is 1. The number of primary amides is 1. The number of ether oxygens (including phenoxy) is 1. The molecule has 1 heterocycles. The van der Waals surface area contributed by atoms with Gasteiger partial charge in [0, 0.05) is 25.6 Å². The first-order valence-electron chi connectivity index (χ1n) is 5.08. The fourth-order valence-corrected chi connectivity index (χ4v) is 1.62. The summed E-state index contributed by atoms with van der Waals surface area (Å²) >= 11 is 0. The molecule has 6 heteroatoms. The molecule has 0 aromatic carbocycles. The number of nitrogens with two attached hydrogens (primary N) is 1. The van der Waals surface area contributed by atoms with E-state index in [1.165, 1.54) is 0 Å². The number of hydrogen-bond acceptors (Lipinski definition) is 3. The van der Waals surface area contributed by atoms with Gasteiger partial charge in [-0.15, -0.1) is 0 Å². The molecule has 86 valence electrons. The molecule has 1 aliphatic rings. The summed E-state index contributed by atoms with van der Waals surface area (Å²) in [6.07, 6.45) is 0.0937. The van der Waals surface area contributed by atoms with Gasteiger partial charge in [-0.2, -0.15) is 0 Å². The predicted molar refractivity (Wildman–Crippen MR) is 54.3 cm³/mol. The zero-order chi connectivity index (χ0) is 11.3. The Hall–Kier alpha value is -1.46. The zero-order valence-electron chi connectivity index (χ0n) is 8.86. The molecule has 6 nitrogen and oxygen atoms in total. The first kappa shape index (κ1) is 11.6. The van der Waals surface area contributed by atoms with E-state index in [0.29, 0.717) is 26.2 Å². The molecule has 0 aliphatic carbocycles. The number of carbonyl (C=O) groups is 2. The number of carbonyl (C=O) groups excluding carboxylic acids is 2. The number of urea groups is 1. The Morgan fingerprint density at radius 2 is 2.33 bits per heavy atom. The van der Waals surface area contributed by atoms with Crippen LogP contribution in [0.3, 0.4) is 0 Å². The van der Waals surface area contributed by atoms with Gasteiger partial charge in [-0.25, -0.2) is 9.59 Å². The summed E-state index contributed by atoms with van der Waals surface area (Å²) in [5.74, 6) is 0.208. The number of hydrogen-bond donors (Lipinski definition) is 2. The summed E-state index contributed by atoms with van der Waals surface area (Å²) in [5.41, 5.74) is 4.86. The van der Waals surface area contributed by atoms with Crippen LogP contribution >= 0.6 is 0 Å². The molecule has 15 heavy (non-hydrogen) atoms. The Bertz CT molecular complexity index is 245. The van der Waals surface area contributed by atoms with Crippen LogP contribution in [0.15, 0.2) is 0 Å². The van der Waals surface area contributed by atoms with Crippen molar-refractivity contribution in [3.8, 4) is 0 Å². The molecule has 1 atom stereocenters. The highest BCUT2D eigenvalue weighted by Gasteiger charge is 2.26. The lowest BCUT2D eigenvalue weighted by Crippen LogP contribution is -2.38. The molecular weight excluding hydrogens is 198 g/mol. The van der Waals surface area contributed by atoms with E-state index in [9.17, 15) is 9.59 Å². The smallest absolute Gasteiger partial charge is 0.404 e. The van der Waals surface area contributed by atoms with E-state index in [2.05, 4.69) is 5.32 Å². The fraction of sp³-hybridized carbons (Fsp3) is 0.778. The molecule has 1 aliphatic heterocycles. The Kier molecular flexibility index (Phi) is 4.20. The van der Waals surface area contributed by atoms with Gasteiger partial charge in [0.1, 0.15) is 0 Å². The van der Waals surface area contributed by atoms with E-state index in [-0.39, 0.29) is 11.9 Å². The van der Waals surface area contributed by atoms with Crippen LogP contribution in [-0.2, 0) is 4.74 Å². The van der Waals surface area contributed by atoms with Crippen molar-refractivity contribution >= 4 is 12.1 Å². The minimum absolute atomic E-state index is 0.0564. The highest BCUT2D eigenvalue weighted by atomic mass is 16.5. The van der Waals surface area contributed by atoms with Crippen LogP contribution in [0.4, 0.5) is 9.59 Å². The van der Waals surface area contributed by atoms with Crippen molar-refractivity contribution in [3.05, 3.63) is 0 Å². The minimum atomic E-state index is -0.758. The Morgan fingerprint density at radius 1 is 1.60 bits per heavy atom. The molecule has 1 rings (SSSR count). The molecule has 3 N–H and O–H groups in total. The van der Waals surface area contributed by atoms with Crippen LogP contribution in [0.5, 0.6) is 0 Å². The molecule has 0 aromatic heterocycles. The molecule has 0 saturated carbocycles. The standard InChI is InChI=1S/C9H17N3O3/c1-2-11-9(14)12-4-3-7(5-12)6-15-8(10)13/h7H,2-6H2,1H3,(H2,10,13)(H,11,14). The normalized spacial score (nSPS) is 20.1. The average Bonchev–Trinajstić information content (AvgIpc) is 2.63. The molecule has 1 unspecified atom stereocenters. The first-order valence-corrected chi connectivity index (χ1v) is 5.08. The van der Waals surface area contributed by atoms with Crippen molar-refractivity contribution in [2.75, 3.05) is 26.2 Å². The highest BCUT2D eigenvalue weighted by molar-refractivity contribution is 5.74. The molecule has 0 spiro atoms. The average molecular weight is 215 g/mol. The highest BCUT2D eigenvalue weighted by Crippen LogP contribution is 2.16. The molecule has 0 radical (unpaired) electrons. The van der Waals surface area contributed by atoms with Crippen molar-refractivity contribution in [2.45, 2.75) is 13.3 Å². The molecule has 3 amide bonds. The maximum Gasteiger partial charge on any atom is 0.404 e. The van der Waals surface area contributed by atoms with Crippen molar-refractivity contribution in [1.82, 2.24) is 10.2 Å². The maximum atomic E-state index is 11.4. The summed E-state index contributed by atoms with van der Waals surface area (Å²) < 4.78 is 4.69. The van der Waals surface area contributed by atoms with Crippen molar-refractivity contribution in [3.63, 3.8) is 0 Å². The number of nitrogens with one attached hydrogen (secondary N) is 1. The van der Waals surface area contributed by atoms with Gasteiger partial charge in [-0.3, -0.25) is 0 Å². The number of likely N-dealkylation sites (tertiary alicyclic amines) is 1.